The summed E-state index contributed by atoms with van der Waals surface area (Å²) >= 11 is 0. The lowest BCUT2D eigenvalue weighted by atomic mass is 9.83. The average Bonchev–Trinajstić information content (AvgIpc) is 3.17. The molecule has 0 aliphatic carbocycles. The second-order valence-corrected chi connectivity index (χ2v) is 10.1. The van der Waals surface area contributed by atoms with Crippen LogP contribution in [0.5, 0.6) is 0 Å². The number of pyridine rings is 1. The van der Waals surface area contributed by atoms with E-state index in [2.05, 4.69) is 30.2 Å². The molecule has 0 radical (unpaired) electrons. The summed E-state index contributed by atoms with van der Waals surface area (Å²) in [7, 11) is 1.71. The van der Waals surface area contributed by atoms with Crippen molar-refractivity contribution in [1.82, 2.24) is 20.1 Å². The molecule has 0 bridgehead atoms. The first-order valence-corrected chi connectivity index (χ1v) is 12.7. The van der Waals surface area contributed by atoms with Crippen LogP contribution in [0.15, 0.2) is 73.1 Å². The van der Waals surface area contributed by atoms with Crippen LogP contribution in [0, 0.1) is 22.7 Å². The number of nitrogens with zero attached hydrogens (tertiary/aromatic N) is 4. The Bertz CT molecular complexity index is 1360. The molecule has 1 saturated heterocycles. The molecule has 38 heavy (non-hydrogen) atoms. The molecule has 0 saturated carbocycles. The number of hydrogen-bond acceptors (Lipinski definition) is 5. The molecule has 4 rings (SSSR count). The fourth-order valence-corrected chi connectivity index (χ4v) is 4.67. The number of carbonyl (C=O) groups excluding carboxylic acids is 2. The molecule has 1 aliphatic heterocycles. The summed E-state index contributed by atoms with van der Waals surface area (Å²) in [6, 6.07) is 20.5. The van der Waals surface area contributed by atoms with Crippen molar-refractivity contribution in [3.8, 4) is 6.07 Å². The van der Waals surface area contributed by atoms with Crippen LogP contribution in [-0.2, 0) is 23.4 Å². The Hall–Kier alpha value is -4.51. The molecule has 8 nitrogen and oxygen atoms in total. The van der Waals surface area contributed by atoms with Crippen molar-refractivity contribution in [2.45, 2.75) is 45.3 Å². The van der Waals surface area contributed by atoms with E-state index in [-0.39, 0.29) is 24.3 Å². The Morgan fingerprint density at radius 1 is 1.13 bits per heavy atom. The molecule has 3 aromatic rings. The van der Waals surface area contributed by atoms with E-state index in [1.54, 1.807) is 36.3 Å². The molecule has 2 heterocycles. The minimum Gasteiger partial charge on any atom is -0.338 e. The number of benzene rings is 2. The van der Waals surface area contributed by atoms with Crippen molar-refractivity contribution in [2.24, 2.45) is 5.92 Å². The fraction of sp³-hybridized carbons (Fsp3) is 0.300. The first-order valence-electron chi connectivity index (χ1n) is 12.7. The lowest BCUT2D eigenvalue weighted by Gasteiger charge is -2.28. The molecule has 2 amide bonds. The van der Waals surface area contributed by atoms with Gasteiger partial charge in [-0.25, -0.2) is 0 Å². The second kappa shape index (κ2) is 11.3. The molecule has 1 unspecified atom stereocenters. The quantitative estimate of drug-likeness (QED) is 0.444. The predicted molar refractivity (Wildman–Crippen MR) is 145 cm³/mol. The summed E-state index contributed by atoms with van der Waals surface area (Å²) in [6.07, 6.45) is 4.52. The maximum Gasteiger partial charge on any atom is 0.260 e. The number of guanidine groups is 1. The largest absolute Gasteiger partial charge is 0.338 e. The standard InChI is InChI=1S/C30H32N6O2/c1-21(2)13-14-30(26-7-5-4-6-8-26)28(38)36(29(32)34-30)20-24-15-25(18-33-17-24)27(37)35(3)19-23-11-9-22(16-31)10-12-23/h4-12,15,17-18,21H,13-14,19-20H2,1-3H3,(H2,32,34). The number of aromatic nitrogens is 1. The number of carbonyl (C=O) groups is 2. The molecule has 1 fully saturated rings. The van der Waals surface area contributed by atoms with Crippen LogP contribution in [0.25, 0.3) is 0 Å². The Balaban J connectivity index is 1.52. The molecule has 1 aromatic heterocycles. The van der Waals surface area contributed by atoms with Gasteiger partial charge in [0.05, 0.1) is 23.7 Å². The van der Waals surface area contributed by atoms with Crippen LogP contribution < -0.4 is 5.32 Å². The minimum absolute atomic E-state index is 0.0391. The Kier molecular flexibility index (Phi) is 7.87. The molecule has 0 spiro atoms. The molecule has 2 N–H and O–H groups in total. The van der Waals surface area contributed by atoms with Crippen LogP contribution in [0.4, 0.5) is 0 Å². The van der Waals surface area contributed by atoms with Gasteiger partial charge in [-0.2, -0.15) is 5.26 Å². The van der Waals surface area contributed by atoms with Crippen molar-refractivity contribution in [1.29, 1.82) is 10.7 Å². The molecular formula is C30H32N6O2. The van der Waals surface area contributed by atoms with Crippen molar-refractivity contribution < 1.29 is 9.59 Å². The van der Waals surface area contributed by atoms with Crippen molar-refractivity contribution in [2.75, 3.05) is 7.05 Å². The summed E-state index contributed by atoms with van der Waals surface area (Å²) in [5, 5.41) is 20.8. The zero-order chi connectivity index (χ0) is 27.3. The third kappa shape index (κ3) is 5.57. The highest BCUT2D eigenvalue weighted by molar-refractivity contribution is 6.08. The van der Waals surface area contributed by atoms with Crippen molar-refractivity contribution in [3.05, 3.63) is 101 Å². The summed E-state index contributed by atoms with van der Waals surface area (Å²) in [4.78, 5) is 34.2. The van der Waals surface area contributed by atoms with E-state index in [1.807, 2.05) is 42.5 Å². The average molecular weight is 509 g/mol. The Morgan fingerprint density at radius 3 is 2.50 bits per heavy atom. The molecule has 8 heteroatoms. The lowest BCUT2D eigenvalue weighted by molar-refractivity contribution is -0.132. The van der Waals surface area contributed by atoms with Gasteiger partial charge in [-0.15, -0.1) is 0 Å². The van der Waals surface area contributed by atoms with Gasteiger partial charge in [0.25, 0.3) is 11.8 Å². The lowest BCUT2D eigenvalue weighted by Crippen LogP contribution is -2.44. The van der Waals surface area contributed by atoms with Gasteiger partial charge in [-0.1, -0.05) is 56.3 Å². The number of nitrogens with one attached hydrogen (secondary N) is 2. The van der Waals surface area contributed by atoms with Gasteiger partial charge in [0, 0.05) is 26.0 Å². The summed E-state index contributed by atoms with van der Waals surface area (Å²) in [5.74, 6) is 0.0584. The number of nitriles is 1. The van der Waals surface area contributed by atoms with E-state index >= 15 is 0 Å². The number of amides is 2. The van der Waals surface area contributed by atoms with Gasteiger partial charge >= 0.3 is 0 Å². The molecule has 2 aromatic carbocycles. The SMILES string of the molecule is CC(C)CCC1(c2ccccc2)NC(=N)N(Cc2cncc(C(=O)N(C)Cc3ccc(C#N)cc3)c2)C1=O. The highest BCUT2D eigenvalue weighted by Gasteiger charge is 2.50. The molecular weight excluding hydrogens is 476 g/mol. The third-order valence-electron chi connectivity index (χ3n) is 6.81. The smallest absolute Gasteiger partial charge is 0.260 e. The first kappa shape index (κ1) is 26.6. The second-order valence-electron chi connectivity index (χ2n) is 10.1. The summed E-state index contributed by atoms with van der Waals surface area (Å²) in [5.41, 5.74) is 2.38. The van der Waals surface area contributed by atoms with Crippen LogP contribution in [0.2, 0.25) is 0 Å². The maximum atomic E-state index is 13.8. The topological polar surface area (TPSA) is 113 Å². The highest BCUT2D eigenvalue weighted by Crippen LogP contribution is 2.35. The van der Waals surface area contributed by atoms with Gasteiger partial charge in [-0.05, 0) is 53.6 Å². The first-order chi connectivity index (χ1) is 18.2. The van der Waals surface area contributed by atoms with E-state index in [9.17, 15) is 9.59 Å². The van der Waals surface area contributed by atoms with Crippen LogP contribution in [0.3, 0.4) is 0 Å². The normalized spacial score (nSPS) is 16.9. The molecule has 1 aliphatic rings. The number of rotatable bonds is 9. The Labute approximate surface area is 223 Å². The van der Waals surface area contributed by atoms with Gasteiger partial charge in [0.1, 0.15) is 5.54 Å². The Morgan fingerprint density at radius 2 is 1.84 bits per heavy atom. The van der Waals surface area contributed by atoms with E-state index in [1.165, 1.54) is 11.1 Å². The van der Waals surface area contributed by atoms with Crippen LogP contribution in [-0.4, -0.2) is 39.6 Å². The summed E-state index contributed by atoms with van der Waals surface area (Å²) < 4.78 is 0. The predicted octanol–water partition coefficient (Wildman–Crippen LogP) is 4.42. The zero-order valence-corrected chi connectivity index (χ0v) is 21.9. The molecule has 1 atom stereocenters. The molecule has 194 valence electrons. The van der Waals surface area contributed by atoms with E-state index in [0.717, 1.165) is 17.5 Å². The van der Waals surface area contributed by atoms with Crippen molar-refractivity contribution >= 4 is 17.8 Å². The number of hydrogen-bond donors (Lipinski definition) is 2. The van der Waals surface area contributed by atoms with Crippen LogP contribution in [0.1, 0.15) is 59.3 Å². The zero-order valence-electron chi connectivity index (χ0n) is 21.9. The minimum atomic E-state index is -0.995. The fourth-order valence-electron chi connectivity index (χ4n) is 4.67. The maximum absolute atomic E-state index is 13.8. The van der Waals surface area contributed by atoms with E-state index in [4.69, 9.17) is 10.7 Å². The third-order valence-corrected chi connectivity index (χ3v) is 6.81. The van der Waals surface area contributed by atoms with Gasteiger partial charge in [0.15, 0.2) is 5.96 Å². The highest BCUT2D eigenvalue weighted by atomic mass is 16.2. The van der Waals surface area contributed by atoms with Gasteiger partial charge < -0.3 is 10.2 Å². The van der Waals surface area contributed by atoms with Crippen LogP contribution >= 0.6 is 0 Å². The summed E-state index contributed by atoms with van der Waals surface area (Å²) in [6.45, 7) is 4.75. The van der Waals surface area contributed by atoms with E-state index < -0.39 is 5.54 Å². The van der Waals surface area contributed by atoms with Gasteiger partial charge in [0.2, 0.25) is 0 Å². The monoisotopic (exact) mass is 508 g/mol. The van der Waals surface area contributed by atoms with Gasteiger partial charge in [-0.3, -0.25) is 24.9 Å². The van der Waals surface area contributed by atoms with Crippen molar-refractivity contribution in [3.63, 3.8) is 0 Å². The van der Waals surface area contributed by atoms with E-state index in [0.29, 0.717) is 35.6 Å².